The Morgan fingerprint density at radius 2 is 2.21 bits per heavy atom. The molecule has 0 aliphatic rings. The van der Waals surface area contributed by atoms with Crippen LogP contribution in [0.3, 0.4) is 0 Å². The molecule has 0 unspecified atom stereocenters. The van der Waals surface area contributed by atoms with Crippen molar-refractivity contribution in [3.63, 3.8) is 0 Å². The molecule has 0 spiro atoms. The fourth-order valence-corrected chi connectivity index (χ4v) is 1.51. The van der Waals surface area contributed by atoms with E-state index in [2.05, 4.69) is 4.98 Å². The molecule has 0 radical (unpaired) electrons. The van der Waals surface area contributed by atoms with E-state index in [1.165, 1.54) is 0 Å². The second kappa shape index (κ2) is 8.61. The van der Waals surface area contributed by atoms with E-state index in [1.54, 1.807) is 18.2 Å². The number of ether oxygens (including phenoxy) is 2. The third kappa shape index (κ3) is 6.31. The Bertz CT molecular complexity index is 368. The zero-order valence-corrected chi connectivity index (χ0v) is 11.8. The van der Waals surface area contributed by atoms with Gasteiger partial charge in [-0.3, -0.25) is 9.78 Å². The number of nitrogens with zero attached hydrogens (tertiary/aromatic N) is 2. The van der Waals surface area contributed by atoms with Crippen molar-refractivity contribution in [3.05, 3.63) is 30.1 Å². The molecule has 1 heterocycles. The molecule has 1 rings (SSSR count). The summed E-state index contributed by atoms with van der Waals surface area (Å²) < 4.78 is 10.4. The fraction of sp³-hybridized carbons (Fsp3) is 0.571. The van der Waals surface area contributed by atoms with Gasteiger partial charge in [0.25, 0.3) is 0 Å². The number of hydrogen-bond acceptors (Lipinski definition) is 4. The molecule has 1 aromatic rings. The minimum Gasteiger partial charge on any atom is -0.383 e. The number of hydrogen-bond donors (Lipinski definition) is 0. The average Bonchev–Trinajstić information content (AvgIpc) is 2.41. The molecule has 19 heavy (non-hydrogen) atoms. The van der Waals surface area contributed by atoms with E-state index in [1.807, 2.05) is 32.0 Å². The lowest BCUT2D eigenvalue weighted by molar-refractivity contribution is -0.138. The molecule has 1 aromatic heterocycles. The van der Waals surface area contributed by atoms with Gasteiger partial charge in [0, 0.05) is 19.9 Å². The maximum Gasteiger partial charge on any atom is 0.249 e. The Morgan fingerprint density at radius 3 is 2.79 bits per heavy atom. The van der Waals surface area contributed by atoms with Crippen molar-refractivity contribution in [1.82, 2.24) is 9.88 Å². The van der Waals surface area contributed by atoms with Gasteiger partial charge in [0.2, 0.25) is 5.91 Å². The predicted molar refractivity (Wildman–Crippen MR) is 72.6 cm³/mol. The number of amides is 1. The topological polar surface area (TPSA) is 51.7 Å². The van der Waals surface area contributed by atoms with Crippen molar-refractivity contribution in [1.29, 1.82) is 0 Å². The second-order valence-electron chi connectivity index (χ2n) is 4.49. The number of carbonyl (C=O) groups excluding carboxylic acids is 1. The van der Waals surface area contributed by atoms with Gasteiger partial charge in [-0.2, -0.15) is 0 Å². The van der Waals surface area contributed by atoms with Crippen LogP contribution in [0.4, 0.5) is 0 Å². The van der Waals surface area contributed by atoms with Gasteiger partial charge in [0.1, 0.15) is 6.61 Å². The lowest BCUT2D eigenvalue weighted by Gasteiger charge is -2.22. The monoisotopic (exact) mass is 266 g/mol. The molecule has 0 bridgehead atoms. The Labute approximate surface area is 114 Å². The molecule has 1 amide bonds. The molecule has 0 aromatic carbocycles. The minimum atomic E-state index is -0.0450. The fourth-order valence-electron chi connectivity index (χ4n) is 1.51. The highest BCUT2D eigenvalue weighted by molar-refractivity contribution is 5.77. The summed E-state index contributed by atoms with van der Waals surface area (Å²) in [7, 11) is 1.62. The standard InChI is InChI=1S/C14H22N2O3/c1-12(2)19-11-14(17)16(8-9-18-3)10-13-6-4-5-7-15-13/h4-7,12H,8-11H2,1-3H3. The summed E-state index contributed by atoms with van der Waals surface area (Å²) in [5.74, 6) is -0.0450. The van der Waals surface area contributed by atoms with E-state index in [0.29, 0.717) is 19.7 Å². The van der Waals surface area contributed by atoms with Crippen molar-refractivity contribution in [2.75, 3.05) is 26.9 Å². The Morgan fingerprint density at radius 1 is 1.42 bits per heavy atom. The molecule has 0 N–H and O–H groups in total. The normalized spacial score (nSPS) is 10.7. The zero-order valence-electron chi connectivity index (χ0n) is 11.8. The first-order valence-electron chi connectivity index (χ1n) is 6.41. The van der Waals surface area contributed by atoms with Crippen molar-refractivity contribution < 1.29 is 14.3 Å². The molecule has 5 nitrogen and oxygen atoms in total. The number of rotatable bonds is 8. The van der Waals surface area contributed by atoms with Crippen molar-refractivity contribution >= 4 is 5.91 Å². The van der Waals surface area contributed by atoms with Gasteiger partial charge in [-0.05, 0) is 26.0 Å². The van der Waals surface area contributed by atoms with E-state index in [4.69, 9.17) is 9.47 Å². The summed E-state index contributed by atoms with van der Waals surface area (Å²) in [6.07, 6.45) is 1.77. The average molecular weight is 266 g/mol. The van der Waals surface area contributed by atoms with Gasteiger partial charge < -0.3 is 14.4 Å². The molecule has 0 atom stereocenters. The minimum absolute atomic E-state index is 0.0445. The van der Waals surface area contributed by atoms with Crippen LogP contribution in [0.25, 0.3) is 0 Å². The van der Waals surface area contributed by atoms with Crippen LogP contribution in [0, 0.1) is 0 Å². The highest BCUT2D eigenvalue weighted by Crippen LogP contribution is 2.03. The number of aromatic nitrogens is 1. The number of methoxy groups -OCH3 is 1. The molecule has 0 saturated heterocycles. The van der Waals surface area contributed by atoms with E-state index >= 15 is 0 Å². The first-order chi connectivity index (χ1) is 9.13. The van der Waals surface area contributed by atoms with Crippen LogP contribution in [-0.2, 0) is 20.8 Å². The first kappa shape index (κ1) is 15.6. The second-order valence-corrected chi connectivity index (χ2v) is 4.49. The summed E-state index contributed by atoms with van der Waals surface area (Å²) >= 11 is 0. The highest BCUT2D eigenvalue weighted by Gasteiger charge is 2.15. The number of pyridine rings is 1. The van der Waals surface area contributed by atoms with Crippen LogP contribution in [-0.4, -0.2) is 48.8 Å². The molecule has 0 aliphatic carbocycles. The van der Waals surface area contributed by atoms with Gasteiger partial charge in [-0.25, -0.2) is 0 Å². The Kier molecular flexibility index (Phi) is 7.07. The van der Waals surface area contributed by atoms with Crippen LogP contribution < -0.4 is 0 Å². The van der Waals surface area contributed by atoms with Crippen molar-refractivity contribution in [2.24, 2.45) is 0 Å². The maximum atomic E-state index is 12.1. The van der Waals surface area contributed by atoms with Gasteiger partial charge in [0.15, 0.2) is 0 Å². The van der Waals surface area contributed by atoms with E-state index in [-0.39, 0.29) is 18.6 Å². The lowest BCUT2D eigenvalue weighted by Crippen LogP contribution is -2.36. The maximum absolute atomic E-state index is 12.1. The molecule has 5 heteroatoms. The van der Waals surface area contributed by atoms with E-state index in [9.17, 15) is 4.79 Å². The third-order valence-corrected chi connectivity index (χ3v) is 2.54. The van der Waals surface area contributed by atoms with Gasteiger partial charge in [-0.15, -0.1) is 0 Å². The molecular weight excluding hydrogens is 244 g/mol. The van der Waals surface area contributed by atoms with Crippen molar-refractivity contribution in [3.8, 4) is 0 Å². The summed E-state index contributed by atoms with van der Waals surface area (Å²) in [5, 5.41) is 0. The van der Waals surface area contributed by atoms with Gasteiger partial charge in [0.05, 0.1) is 24.9 Å². The summed E-state index contributed by atoms with van der Waals surface area (Å²) in [6, 6.07) is 5.66. The summed E-state index contributed by atoms with van der Waals surface area (Å²) in [6.45, 7) is 5.42. The quantitative estimate of drug-likeness (QED) is 0.715. The van der Waals surface area contributed by atoms with Gasteiger partial charge in [-0.1, -0.05) is 6.07 Å². The largest absolute Gasteiger partial charge is 0.383 e. The molecule has 106 valence electrons. The van der Waals surface area contributed by atoms with E-state index < -0.39 is 0 Å². The Hall–Kier alpha value is -1.46. The summed E-state index contributed by atoms with van der Waals surface area (Å²) in [4.78, 5) is 18.0. The predicted octanol–water partition coefficient (Wildman–Crippen LogP) is 1.48. The summed E-state index contributed by atoms with van der Waals surface area (Å²) in [5.41, 5.74) is 0.858. The molecule has 0 fully saturated rings. The molecule has 0 aliphatic heterocycles. The third-order valence-electron chi connectivity index (χ3n) is 2.54. The number of carbonyl (C=O) groups is 1. The smallest absolute Gasteiger partial charge is 0.249 e. The highest BCUT2D eigenvalue weighted by atomic mass is 16.5. The molecule has 0 saturated carbocycles. The van der Waals surface area contributed by atoms with Crippen LogP contribution >= 0.6 is 0 Å². The van der Waals surface area contributed by atoms with Crippen LogP contribution in [0.2, 0.25) is 0 Å². The van der Waals surface area contributed by atoms with Crippen LogP contribution in [0.15, 0.2) is 24.4 Å². The van der Waals surface area contributed by atoms with Crippen LogP contribution in [0.5, 0.6) is 0 Å². The molecular formula is C14H22N2O3. The van der Waals surface area contributed by atoms with E-state index in [0.717, 1.165) is 5.69 Å². The lowest BCUT2D eigenvalue weighted by atomic mass is 10.3. The van der Waals surface area contributed by atoms with Gasteiger partial charge >= 0.3 is 0 Å². The SMILES string of the molecule is COCCN(Cc1ccccn1)C(=O)COC(C)C. The van der Waals surface area contributed by atoms with Crippen molar-refractivity contribution in [2.45, 2.75) is 26.5 Å². The van der Waals surface area contributed by atoms with Crippen LogP contribution in [0.1, 0.15) is 19.5 Å². The zero-order chi connectivity index (χ0) is 14.1. The Balaban J connectivity index is 2.57. The first-order valence-corrected chi connectivity index (χ1v) is 6.41.